The summed E-state index contributed by atoms with van der Waals surface area (Å²) in [5.74, 6) is 1.67. The number of thiophene rings is 1. The molecular formula is C15H15N3S. The highest BCUT2D eigenvalue weighted by Gasteiger charge is 2.10. The molecule has 0 saturated heterocycles. The van der Waals surface area contributed by atoms with E-state index in [9.17, 15) is 0 Å². The quantitative estimate of drug-likeness (QED) is 0.763. The van der Waals surface area contributed by atoms with E-state index in [2.05, 4.69) is 47.3 Å². The van der Waals surface area contributed by atoms with Gasteiger partial charge < -0.3 is 5.32 Å². The Morgan fingerprint density at radius 3 is 2.68 bits per heavy atom. The highest BCUT2D eigenvalue weighted by Crippen LogP contribution is 2.30. The monoisotopic (exact) mass is 269 g/mol. The predicted octanol–water partition coefficient (Wildman–Crippen LogP) is 4.02. The van der Waals surface area contributed by atoms with E-state index in [1.165, 1.54) is 10.4 Å². The molecule has 0 aliphatic carbocycles. The molecule has 2 aromatic heterocycles. The average Bonchev–Trinajstić information content (AvgIpc) is 2.77. The molecule has 1 N–H and O–H groups in total. The predicted molar refractivity (Wildman–Crippen MR) is 81.9 cm³/mol. The van der Waals surface area contributed by atoms with Crippen LogP contribution in [-0.2, 0) is 0 Å². The topological polar surface area (TPSA) is 37.8 Å². The molecule has 0 aliphatic heterocycles. The molecule has 0 unspecified atom stereocenters. The van der Waals surface area contributed by atoms with Gasteiger partial charge in [0.2, 0.25) is 0 Å². The number of aromatic nitrogens is 2. The number of nitrogens with zero attached hydrogens (tertiary/aromatic N) is 2. The SMILES string of the molecule is CNc1nc(-c2cccc(C)c2)nc2sc(C)cc12. The van der Waals surface area contributed by atoms with Gasteiger partial charge in [0, 0.05) is 17.5 Å². The number of nitrogens with one attached hydrogen (secondary N) is 1. The molecule has 0 saturated carbocycles. The van der Waals surface area contributed by atoms with Crippen LogP contribution in [0.2, 0.25) is 0 Å². The summed E-state index contributed by atoms with van der Waals surface area (Å²) in [6, 6.07) is 10.4. The van der Waals surface area contributed by atoms with Crippen LogP contribution in [0.1, 0.15) is 10.4 Å². The maximum atomic E-state index is 4.68. The van der Waals surface area contributed by atoms with Crippen molar-refractivity contribution in [3.8, 4) is 11.4 Å². The number of anilines is 1. The fourth-order valence-corrected chi connectivity index (χ4v) is 3.03. The lowest BCUT2D eigenvalue weighted by Crippen LogP contribution is -1.97. The summed E-state index contributed by atoms with van der Waals surface area (Å²) in [4.78, 5) is 11.6. The van der Waals surface area contributed by atoms with Crippen molar-refractivity contribution in [2.75, 3.05) is 12.4 Å². The fraction of sp³-hybridized carbons (Fsp3) is 0.200. The third kappa shape index (κ3) is 2.19. The van der Waals surface area contributed by atoms with Gasteiger partial charge in [-0.2, -0.15) is 0 Å². The number of hydrogen-bond acceptors (Lipinski definition) is 4. The summed E-state index contributed by atoms with van der Waals surface area (Å²) in [6.07, 6.45) is 0. The van der Waals surface area contributed by atoms with Crippen molar-refractivity contribution >= 4 is 27.4 Å². The highest BCUT2D eigenvalue weighted by atomic mass is 32.1. The summed E-state index contributed by atoms with van der Waals surface area (Å²) in [6.45, 7) is 4.18. The molecule has 0 spiro atoms. The van der Waals surface area contributed by atoms with Gasteiger partial charge in [-0.05, 0) is 26.0 Å². The van der Waals surface area contributed by atoms with Crippen LogP contribution in [0.25, 0.3) is 21.6 Å². The summed E-state index contributed by atoms with van der Waals surface area (Å²) in [7, 11) is 1.90. The molecule has 4 heteroatoms. The van der Waals surface area contributed by atoms with Crippen LogP contribution in [0, 0.1) is 13.8 Å². The zero-order valence-electron chi connectivity index (χ0n) is 11.2. The molecule has 3 nitrogen and oxygen atoms in total. The van der Waals surface area contributed by atoms with Gasteiger partial charge >= 0.3 is 0 Å². The lowest BCUT2D eigenvalue weighted by molar-refractivity contribution is 1.22. The van der Waals surface area contributed by atoms with Gasteiger partial charge in [-0.1, -0.05) is 23.8 Å². The second-order valence-corrected chi connectivity index (χ2v) is 5.83. The van der Waals surface area contributed by atoms with Crippen LogP contribution in [0.15, 0.2) is 30.3 Å². The molecule has 2 heterocycles. The minimum atomic E-state index is 0.780. The standard InChI is InChI=1S/C15H15N3S/c1-9-5-4-6-11(7-9)13-17-14(16-3)12-8-10(2)19-15(12)18-13/h4-8H,1-3H3,(H,16,17,18). The van der Waals surface area contributed by atoms with E-state index >= 15 is 0 Å². The summed E-state index contributed by atoms with van der Waals surface area (Å²) < 4.78 is 0. The minimum Gasteiger partial charge on any atom is -0.372 e. The first-order valence-electron chi connectivity index (χ1n) is 6.20. The highest BCUT2D eigenvalue weighted by molar-refractivity contribution is 7.18. The van der Waals surface area contributed by atoms with Crippen molar-refractivity contribution in [3.05, 3.63) is 40.8 Å². The Balaban J connectivity index is 2.24. The van der Waals surface area contributed by atoms with Crippen LogP contribution in [0.3, 0.4) is 0 Å². The van der Waals surface area contributed by atoms with Gasteiger partial charge in [-0.25, -0.2) is 9.97 Å². The number of fused-ring (bicyclic) bond motifs is 1. The Morgan fingerprint density at radius 2 is 1.95 bits per heavy atom. The second-order valence-electron chi connectivity index (χ2n) is 4.59. The maximum absolute atomic E-state index is 4.68. The summed E-state index contributed by atoms with van der Waals surface area (Å²) >= 11 is 1.70. The van der Waals surface area contributed by atoms with Gasteiger partial charge in [0.25, 0.3) is 0 Å². The Bertz CT molecular complexity index is 746. The first-order valence-corrected chi connectivity index (χ1v) is 7.02. The van der Waals surface area contributed by atoms with Crippen LogP contribution < -0.4 is 5.32 Å². The van der Waals surface area contributed by atoms with Gasteiger partial charge in [0.05, 0.1) is 5.39 Å². The molecule has 3 aromatic rings. The van der Waals surface area contributed by atoms with Gasteiger partial charge in [-0.15, -0.1) is 11.3 Å². The van der Waals surface area contributed by atoms with E-state index in [-0.39, 0.29) is 0 Å². The molecule has 96 valence electrons. The normalized spacial score (nSPS) is 10.9. The van der Waals surface area contributed by atoms with Crippen molar-refractivity contribution in [1.29, 1.82) is 0 Å². The van der Waals surface area contributed by atoms with Crippen molar-refractivity contribution < 1.29 is 0 Å². The molecule has 0 atom stereocenters. The molecular weight excluding hydrogens is 254 g/mol. The number of rotatable bonds is 2. The van der Waals surface area contributed by atoms with Crippen molar-refractivity contribution in [2.45, 2.75) is 13.8 Å². The smallest absolute Gasteiger partial charge is 0.163 e. The van der Waals surface area contributed by atoms with E-state index in [1.54, 1.807) is 11.3 Å². The largest absolute Gasteiger partial charge is 0.372 e. The Labute approximate surface area is 116 Å². The lowest BCUT2D eigenvalue weighted by Gasteiger charge is -2.06. The summed E-state index contributed by atoms with van der Waals surface area (Å²) in [5, 5.41) is 4.26. The van der Waals surface area contributed by atoms with Gasteiger partial charge in [0.1, 0.15) is 10.6 Å². The Hall–Kier alpha value is -1.94. The minimum absolute atomic E-state index is 0.780. The lowest BCUT2D eigenvalue weighted by atomic mass is 10.1. The van der Waals surface area contributed by atoms with E-state index in [0.29, 0.717) is 0 Å². The molecule has 3 rings (SSSR count). The van der Waals surface area contributed by atoms with E-state index < -0.39 is 0 Å². The van der Waals surface area contributed by atoms with E-state index in [1.807, 2.05) is 19.2 Å². The van der Waals surface area contributed by atoms with Crippen LogP contribution in [0.5, 0.6) is 0 Å². The third-order valence-electron chi connectivity index (χ3n) is 3.03. The van der Waals surface area contributed by atoms with Crippen molar-refractivity contribution in [2.24, 2.45) is 0 Å². The Morgan fingerprint density at radius 1 is 1.11 bits per heavy atom. The molecule has 1 aromatic carbocycles. The number of aryl methyl sites for hydroxylation is 2. The third-order valence-corrected chi connectivity index (χ3v) is 3.97. The Kier molecular flexibility index (Phi) is 2.95. The first-order chi connectivity index (χ1) is 9.17. The molecule has 0 aliphatic rings. The van der Waals surface area contributed by atoms with Gasteiger partial charge in [-0.3, -0.25) is 0 Å². The van der Waals surface area contributed by atoms with Gasteiger partial charge in [0.15, 0.2) is 5.82 Å². The van der Waals surface area contributed by atoms with Crippen LogP contribution in [-0.4, -0.2) is 17.0 Å². The average molecular weight is 269 g/mol. The van der Waals surface area contributed by atoms with Crippen molar-refractivity contribution in [1.82, 2.24) is 9.97 Å². The van der Waals surface area contributed by atoms with E-state index in [4.69, 9.17) is 0 Å². The molecule has 0 radical (unpaired) electrons. The molecule has 19 heavy (non-hydrogen) atoms. The molecule has 0 fully saturated rings. The zero-order valence-corrected chi connectivity index (χ0v) is 12.0. The van der Waals surface area contributed by atoms with E-state index in [0.717, 1.165) is 27.4 Å². The molecule has 0 bridgehead atoms. The maximum Gasteiger partial charge on any atom is 0.163 e. The van der Waals surface area contributed by atoms with Crippen molar-refractivity contribution in [3.63, 3.8) is 0 Å². The second kappa shape index (κ2) is 4.63. The first kappa shape index (κ1) is 12.1. The summed E-state index contributed by atoms with van der Waals surface area (Å²) in [5.41, 5.74) is 2.28. The van der Waals surface area contributed by atoms with Crippen LogP contribution >= 0.6 is 11.3 Å². The number of benzene rings is 1. The number of hydrogen-bond donors (Lipinski definition) is 1. The zero-order chi connectivity index (χ0) is 13.4. The van der Waals surface area contributed by atoms with Crippen LogP contribution in [0.4, 0.5) is 5.82 Å². The fourth-order valence-electron chi connectivity index (χ4n) is 2.15. The molecule has 0 amide bonds.